The van der Waals surface area contributed by atoms with Crippen molar-refractivity contribution in [2.24, 2.45) is 0 Å². The van der Waals surface area contributed by atoms with Crippen molar-refractivity contribution in [2.75, 3.05) is 5.73 Å². The van der Waals surface area contributed by atoms with Gasteiger partial charge in [0, 0.05) is 6.54 Å². The first-order valence-corrected chi connectivity index (χ1v) is 7.34. The largest absolute Gasteiger partial charge is 0.369 e. The number of imidazole rings is 1. The highest BCUT2D eigenvalue weighted by Crippen LogP contribution is 2.26. The average molecular weight is 283 g/mol. The van der Waals surface area contributed by atoms with Gasteiger partial charge in [0.2, 0.25) is 5.95 Å². The predicted octanol–water partition coefficient (Wildman–Crippen LogP) is 3.26. The van der Waals surface area contributed by atoms with Crippen LogP contribution in [0.2, 0.25) is 0 Å². The van der Waals surface area contributed by atoms with E-state index in [2.05, 4.69) is 55.1 Å². The van der Waals surface area contributed by atoms with Gasteiger partial charge in [0.05, 0.1) is 11.4 Å². The molecule has 3 rings (SSSR count). The van der Waals surface area contributed by atoms with Gasteiger partial charge in [0.25, 0.3) is 0 Å². The number of nitrogens with two attached hydrogens (primary N) is 1. The third kappa shape index (κ3) is 2.09. The maximum Gasteiger partial charge on any atom is 0.207 e. The van der Waals surface area contributed by atoms with Crippen molar-refractivity contribution in [3.63, 3.8) is 0 Å². The quantitative estimate of drug-likeness (QED) is 0.802. The summed E-state index contributed by atoms with van der Waals surface area (Å²) in [5, 5.41) is 4.52. The van der Waals surface area contributed by atoms with E-state index in [4.69, 9.17) is 5.73 Å². The summed E-state index contributed by atoms with van der Waals surface area (Å²) in [5.41, 5.74) is 11.2. The first-order chi connectivity index (χ1) is 10.0. The number of fused-ring (bicyclic) bond motifs is 1. The summed E-state index contributed by atoms with van der Waals surface area (Å²) in [6.07, 6.45) is 0. The highest BCUT2D eigenvalue weighted by molar-refractivity contribution is 5.80. The molecule has 0 radical (unpaired) electrons. The second kappa shape index (κ2) is 4.91. The van der Waals surface area contributed by atoms with Gasteiger partial charge in [0.15, 0.2) is 5.65 Å². The van der Waals surface area contributed by atoms with E-state index in [9.17, 15) is 0 Å². The molecular formula is C16H21N5. The molecule has 3 aromatic rings. The van der Waals surface area contributed by atoms with E-state index < -0.39 is 0 Å². The van der Waals surface area contributed by atoms with Gasteiger partial charge in [-0.1, -0.05) is 26.0 Å². The van der Waals surface area contributed by atoms with Crippen molar-refractivity contribution >= 4 is 17.1 Å². The van der Waals surface area contributed by atoms with Gasteiger partial charge in [-0.15, -0.1) is 0 Å². The molecule has 0 spiro atoms. The lowest BCUT2D eigenvalue weighted by molar-refractivity contribution is 0.663. The van der Waals surface area contributed by atoms with Crippen LogP contribution in [-0.4, -0.2) is 19.3 Å². The number of hydrogen-bond donors (Lipinski definition) is 1. The summed E-state index contributed by atoms with van der Waals surface area (Å²) >= 11 is 0. The Labute approximate surface area is 124 Å². The fraction of sp³-hybridized carbons (Fsp3) is 0.375. The SMILES string of the molecule is CCn1nc(C)c2nc(N)n(-c3ccc(C(C)C)cc3)c21. The van der Waals surface area contributed by atoms with Crippen molar-refractivity contribution < 1.29 is 0 Å². The molecule has 0 aliphatic heterocycles. The third-order valence-corrected chi connectivity index (χ3v) is 3.85. The summed E-state index contributed by atoms with van der Waals surface area (Å²) in [5.74, 6) is 1.02. The van der Waals surface area contributed by atoms with Crippen LogP contribution in [0.3, 0.4) is 0 Å². The van der Waals surface area contributed by atoms with Crippen molar-refractivity contribution in [1.82, 2.24) is 19.3 Å². The molecule has 5 heteroatoms. The van der Waals surface area contributed by atoms with Crippen LogP contribution in [0.4, 0.5) is 5.95 Å². The number of nitrogen functional groups attached to an aromatic ring is 1. The normalized spacial score (nSPS) is 11.7. The van der Waals surface area contributed by atoms with Gasteiger partial charge in [0.1, 0.15) is 5.52 Å². The fourth-order valence-corrected chi connectivity index (χ4v) is 2.67. The Hall–Kier alpha value is -2.30. The van der Waals surface area contributed by atoms with E-state index in [0.717, 1.165) is 29.1 Å². The van der Waals surface area contributed by atoms with Gasteiger partial charge in [-0.3, -0.25) is 4.57 Å². The molecule has 0 amide bonds. The maximum atomic E-state index is 6.13. The molecule has 2 heterocycles. The minimum absolute atomic E-state index is 0.505. The standard InChI is InChI=1S/C16H21N5/c1-5-20-15-14(11(4)19-20)18-16(17)21(15)13-8-6-12(7-9-13)10(2)3/h6-10H,5H2,1-4H3,(H2,17,18). The van der Waals surface area contributed by atoms with Crippen molar-refractivity contribution in [3.05, 3.63) is 35.5 Å². The molecule has 5 nitrogen and oxygen atoms in total. The summed E-state index contributed by atoms with van der Waals surface area (Å²) < 4.78 is 3.92. The van der Waals surface area contributed by atoms with Crippen LogP contribution < -0.4 is 5.73 Å². The number of aryl methyl sites for hydroxylation is 2. The molecular weight excluding hydrogens is 262 g/mol. The second-order valence-corrected chi connectivity index (χ2v) is 5.63. The van der Waals surface area contributed by atoms with E-state index in [1.54, 1.807) is 0 Å². The molecule has 0 atom stereocenters. The lowest BCUT2D eigenvalue weighted by Crippen LogP contribution is -2.06. The van der Waals surface area contributed by atoms with E-state index in [1.807, 2.05) is 16.2 Å². The van der Waals surface area contributed by atoms with Crippen LogP contribution in [0, 0.1) is 6.92 Å². The number of anilines is 1. The van der Waals surface area contributed by atoms with Crippen LogP contribution in [0.1, 0.15) is 37.9 Å². The number of hydrogen-bond acceptors (Lipinski definition) is 3. The molecule has 0 unspecified atom stereocenters. The number of nitrogens with zero attached hydrogens (tertiary/aromatic N) is 4. The first kappa shape index (κ1) is 13.7. The molecule has 0 saturated carbocycles. The molecule has 0 bridgehead atoms. The van der Waals surface area contributed by atoms with Crippen molar-refractivity contribution in [3.8, 4) is 5.69 Å². The first-order valence-electron chi connectivity index (χ1n) is 7.34. The Morgan fingerprint density at radius 3 is 2.43 bits per heavy atom. The minimum Gasteiger partial charge on any atom is -0.369 e. The molecule has 0 aliphatic rings. The molecule has 2 aromatic heterocycles. The van der Waals surface area contributed by atoms with Gasteiger partial charge < -0.3 is 5.73 Å². The Bertz CT molecular complexity index is 777. The molecule has 110 valence electrons. The zero-order valence-electron chi connectivity index (χ0n) is 13.0. The van der Waals surface area contributed by atoms with Gasteiger partial charge in [-0.25, -0.2) is 9.67 Å². The lowest BCUT2D eigenvalue weighted by Gasteiger charge is -2.10. The molecule has 2 N–H and O–H groups in total. The van der Waals surface area contributed by atoms with Gasteiger partial charge in [-0.2, -0.15) is 5.10 Å². The van der Waals surface area contributed by atoms with Gasteiger partial charge >= 0.3 is 0 Å². The maximum absolute atomic E-state index is 6.13. The highest BCUT2D eigenvalue weighted by atomic mass is 15.4. The molecule has 0 fully saturated rings. The van der Waals surface area contributed by atoms with Gasteiger partial charge in [-0.05, 0) is 37.5 Å². The molecule has 21 heavy (non-hydrogen) atoms. The summed E-state index contributed by atoms with van der Waals surface area (Å²) in [4.78, 5) is 4.47. The molecule has 0 aliphatic carbocycles. The Balaban J connectivity index is 2.21. The van der Waals surface area contributed by atoms with E-state index in [1.165, 1.54) is 5.56 Å². The Kier molecular flexibility index (Phi) is 3.20. The van der Waals surface area contributed by atoms with E-state index in [-0.39, 0.29) is 0 Å². The van der Waals surface area contributed by atoms with Crippen LogP contribution in [0.25, 0.3) is 16.9 Å². The fourth-order valence-electron chi connectivity index (χ4n) is 2.67. The van der Waals surface area contributed by atoms with E-state index in [0.29, 0.717) is 11.9 Å². The van der Waals surface area contributed by atoms with Crippen LogP contribution in [0.15, 0.2) is 24.3 Å². The Morgan fingerprint density at radius 2 is 1.86 bits per heavy atom. The highest BCUT2D eigenvalue weighted by Gasteiger charge is 2.17. The monoisotopic (exact) mass is 283 g/mol. The van der Waals surface area contributed by atoms with Crippen molar-refractivity contribution in [1.29, 1.82) is 0 Å². The zero-order valence-corrected chi connectivity index (χ0v) is 13.0. The van der Waals surface area contributed by atoms with E-state index >= 15 is 0 Å². The summed E-state index contributed by atoms with van der Waals surface area (Å²) in [7, 11) is 0. The summed E-state index contributed by atoms with van der Waals surface area (Å²) in [6.45, 7) is 9.20. The predicted molar refractivity (Wildman–Crippen MR) is 85.8 cm³/mol. The second-order valence-electron chi connectivity index (χ2n) is 5.63. The van der Waals surface area contributed by atoms with Crippen LogP contribution in [-0.2, 0) is 6.54 Å². The molecule has 1 aromatic carbocycles. The zero-order chi connectivity index (χ0) is 15.1. The van der Waals surface area contributed by atoms with Crippen LogP contribution in [0.5, 0.6) is 0 Å². The number of aromatic nitrogens is 4. The topological polar surface area (TPSA) is 61.7 Å². The minimum atomic E-state index is 0.505. The Morgan fingerprint density at radius 1 is 1.19 bits per heavy atom. The third-order valence-electron chi connectivity index (χ3n) is 3.85. The molecule has 0 saturated heterocycles. The number of benzene rings is 1. The van der Waals surface area contributed by atoms with Crippen molar-refractivity contribution in [2.45, 2.75) is 40.2 Å². The average Bonchev–Trinajstić information content (AvgIpc) is 2.96. The summed E-state index contributed by atoms with van der Waals surface area (Å²) in [6, 6.07) is 8.47. The van der Waals surface area contributed by atoms with Crippen LogP contribution >= 0.6 is 0 Å². The number of rotatable bonds is 3. The smallest absolute Gasteiger partial charge is 0.207 e. The lowest BCUT2D eigenvalue weighted by atomic mass is 10.0.